The van der Waals surface area contributed by atoms with Crippen molar-refractivity contribution in [2.24, 2.45) is 0 Å². The first-order chi connectivity index (χ1) is 25.7. The SMILES string of the molecule is c1cc(-c2ccc(-c3ccc4cc5c(cc4c3)-c3cccc4cccc-5c34)cc2)cc(-c2ccc3cc4c(cc3c2)-c2cccc3cccc-4c23)c1. The second-order valence-corrected chi connectivity index (χ2v) is 14.5. The Hall–Kier alpha value is -6.76. The summed E-state index contributed by atoms with van der Waals surface area (Å²) < 4.78 is 0. The van der Waals surface area contributed by atoms with Crippen LogP contribution in [0.5, 0.6) is 0 Å². The lowest BCUT2D eigenvalue weighted by molar-refractivity contribution is 1.59. The molecule has 0 fully saturated rings. The predicted octanol–water partition coefficient (Wildman–Crippen LogP) is 14.6. The number of hydrogen-bond acceptors (Lipinski definition) is 0. The van der Waals surface area contributed by atoms with Gasteiger partial charge in [0.05, 0.1) is 0 Å². The van der Waals surface area contributed by atoms with Gasteiger partial charge in [0.25, 0.3) is 0 Å². The van der Waals surface area contributed by atoms with Crippen molar-refractivity contribution in [1.82, 2.24) is 0 Å². The van der Waals surface area contributed by atoms with Gasteiger partial charge in [0.1, 0.15) is 0 Å². The first-order valence-corrected chi connectivity index (χ1v) is 18.2. The van der Waals surface area contributed by atoms with Crippen LogP contribution in [0.2, 0.25) is 0 Å². The molecule has 0 heteroatoms. The minimum Gasteiger partial charge on any atom is -0.0610 e. The molecule has 10 aromatic rings. The lowest BCUT2D eigenvalue weighted by Gasteiger charge is -2.11. The van der Waals surface area contributed by atoms with Crippen LogP contribution in [0.4, 0.5) is 0 Å². The van der Waals surface area contributed by atoms with Gasteiger partial charge >= 0.3 is 0 Å². The van der Waals surface area contributed by atoms with Gasteiger partial charge in [0.2, 0.25) is 0 Å². The second kappa shape index (κ2) is 10.4. The molecule has 0 amide bonds. The molecule has 0 aromatic heterocycles. The van der Waals surface area contributed by atoms with Crippen LogP contribution in [0.3, 0.4) is 0 Å². The van der Waals surface area contributed by atoms with Crippen LogP contribution in [-0.4, -0.2) is 0 Å². The highest BCUT2D eigenvalue weighted by atomic mass is 14.3. The normalized spacial score (nSPS) is 12.2. The summed E-state index contributed by atoms with van der Waals surface area (Å²) in [7, 11) is 0. The minimum absolute atomic E-state index is 1.22. The summed E-state index contributed by atoms with van der Waals surface area (Å²) in [6.07, 6.45) is 0. The van der Waals surface area contributed by atoms with E-state index in [0.29, 0.717) is 0 Å². The fourth-order valence-corrected chi connectivity index (χ4v) is 9.16. The van der Waals surface area contributed by atoms with Crippen LogP contribution in [0.25, 0.3) is 121 Å². The summed E-state index contributed by atoms with van der Waals surface area (Å²) in [5, 5.41) is 10.5. The highest BCUT2D eigenvalue weighted by Crippen LogP contribution is 2.50. The highest BCUT2D eigenvalue weighted by Gasteiger charge is 2.23. The van der Waals surface area contributed by atoms with E-state index in [1.807, 2.05) is 0 Å². The third-order valence-corrected chi connectivity index (χ3v) is 11.7. The average molecular weight is 655 g/mol. The van der Waals surface area contributed by atoms with Crippen molar-refractivity contribution in [3.05, 3.63) is 182 Å². The Morgan fingerprint density at radius 3 is 0.942 bits per heavy atom. The van der Waals surface area contributed by atoms with Crippen molar-refractivity contribution in [3.63, 3.8) is 0 Å². The van der Waals surface area contributed by atoms with E-state index in [9.17, 15) is 0 Å². The van der Waals surface area contributed by atoms with Crippen LogP contribution in [-0.2, 0) is 0 Å². The zero-order valence-electron chi connectivity index (χ0n) is 28.3. The minimum atomic E-state index is 1.22. The molecule has 0 radical (unpaired) electrons. The Bertz CT molecular complexity index is 3150. The van der Waals surface area contributed by atoms with E-state index in [1.54, 1.807) is 0 Å². The van der Waals surface area contributed by atoms with Crippen molar-refractivity contribution in [1.29, 1.82) is 0 Å². The molecule has 0 spiro atoms. The smallest absolute Gasteiger partial charge is 0.00264 e. The Morgan fingerprint density at radius 2 is 0.500 bits per heavy atom. The standard InChI is InChI=1S/C52H30/c1-10-35(24-36(11-1)38-21-23-40-28-48-44-13-3-7-34-9-5-15-46(52(34)44)50(48)30-42(40)26-38)31-16-18-32(19-17-31)37-20-22-39-27-47-43-12-2-6-33-8-4-14-45(51(33)43)49(47)29-41(39)25-37/h1-30H. The molecule has 0 saturated carbocycles. The molecule has 0 N–H and O–H groups in total. The number of benzene rings is 10. The number of fused-ring (bicyclic) bond motifs is 8. The molecule has 0 saturated heterocycles. The van der Waals surface area contributed by atoms with Gasteiger partial charge in [-0.05, 0) is 163 Å². The van der Waals surface area contributed by atoms with E-state index in [0.717, 1.165) is 0 Å². The predicted molar refractivity (Wildman–Crippen MR) is 222 cm³/mol. The summed E-state index contributed by atoms with van der Waals surface area (Å²) >= 11 is 0. The van der Waals surface area contributed by atoms with Crippen LogP contribution >= 0.6 is 0 Å². The van der Waals surface area contributed by atoms with E-state index in [1.165, 1.54) is 121 Å². The first-order valence-electron chi connectivity index (χ1n) is 18.2. The number of hydrogen-bond donors (Lipinski definition) is 0. The largest absolute Gasteiger partial charge is 0.0610 e. The molecule has 2 aliphatic carbocycles. The lowest BCUT2D eigenvalue weighted by Crippen LogP contribution is -1.85. The zero-order chi connectivity index (χ0) is 33.9. The molecule has 0 nitrogen and oxygen atoms in total. The Labute approximate surface area is 301 Å². The summed E-state index contributed by atoms with van der Waals surface area (Å²) in [5.41, 5.74) is 18.1. The monoisotopic (exact) mass is 654 g/mol. The molecule has 0 aliphatic heterocycles. The Kier molecular flexibility index (Phi) is 5.59. The van der Waals surface area contributed by atoms with Crippen molar-refractivity contribution in [2.45, 2.75) is 0 Å². The van der Waals surface area contributed by atoms with Gasteiger partial charge in [-0.15, -0.1) is 0 Å². The van der Waals surface area contributed by atoms with Crippen molar-refractivity contribution < 1.29 is 0 Å². The Morgan fingerprint density at radius 1 is 0.173 bits per heavy atom. The maximum absolute atomic E-state index is 2.39. The van der Waals surface area contributed by atoms with Crippen molar-refractivity contribution >= 4 is 43.1 Å². The molecular formula is C52H30. The van der Waals surface area contributed by atoms with E-state index >= 15 is 0 Å². The zero-order valence-corrected chi connectivity index (χ0v) is 28.3. The first kappa shape index (κ1) is 28.0. The van der Waals surface area contributed by atoms with Crippen LogP contribution < -0.4 is 0 Å². The summed E-state index contributed by atoms with van der Waals surface area (Å²) in [5.74, 6) is 0. The molecule has 0 unspecified atom stereocenters. The van der Waals surface area contributed by atoms with Crippen LogP contribution in [0.15, 0.2) is 182 Å². The Balaban J connectivity index is 0.868. The van der Waals surface area contributed by atoms with Crippen LogP contribution in [0.1, 0.15) is 0 Å². The number of rotatable bonds is 3. The summed E-state index contributed by atoms with van der Waals surface area (Å²) in [6.45, 7) is 0. The van der Waals surface area contributed by atoms with Gasteiger partial charge in [-0.1, -0.05) is 140 Å². The fraction of sp³-hybridized carbons (Fsp3) is 0. The van der Waals surface area contributed by atoms with E-state index < -0.39 is 0 Å². The molecule has 2 aliphatic rings. The molecule has 12 rings (SSSR count). The molecule has 0 heterocycles. The van der Waals surface area contributed by atoms with Gasteiger partial charge in [-0.3, -0.25) is 0 Å². The maximum atomic E-state index is 2.39. The van der Waals surface area contributed by atoms with E-state index in [2.05, 4.69) is 182 Å². The molecule has 0 bridgehead atoms. The summed E-state index contributed by atoms with van der Waals surface area (Å²) in [6, 6.07) is 68.0. The van der Waals surface area contributed by atoms with E-state index in [4.69, 9.17) is 0 Å². The molecule has 0 atom stereocenters. The lowest BCUT2D eigenvalue weighted by atomic mass is 9.93. The van der Waals surface area contributed by atoms with Crippen molar-refractivity contribution in [2.75, 3.05) is 0 Å². The fourth-order valence-electron chi connectivity index (χ4n) is 9.16. The van der Waals surface area contributed by atoms with Gasteiger partial charge in [0, 0.05) is 0 Å². The molecule has 52 heavy (non-hydrogen) atoms. The average Bonchev–Trinajstić information content (AvgIpc) is 3.69. The molecule has 10 aromatic carbocycles. The highest BCUT2D eigenvalue weighted by molar-refractivity contribution is 6.18. The van der Waals surface area contributed by atoms with Gasteiger partial charge in [-0.25, -0.2) is 0 Å². The molecular weight excluding hydrogens is 625 g/mol. The molecule has 238 valence electrons. The third kappa shape index (κ3) is 3.98. The maximum Gasteiger partial charge on any atom is -0.00264 e. The van der Waals surface area contributed by atoms with Gasteiger partial charge < -0.3 is 0 Å². The summed E-state index contributed by atoms with van der Waals surface area (Å²) in [4.78, 5) is 0. The van der Waals surface area contributed by atoms with Crippen molar-refractivity contribution in [3.8, 4) is 77.9 Å². The third-order valence-electron chi connectivity index (χ3n) is 11.7. The topological polar surface area (TPSA) is 0 Å². The quantitative estimate of drug-likeness (QED) is 0.178. The van der Waals surface area contributed by atoms with Crippen LogP contribution in [0, 0.1) is 0 Å². The van der Waals surface area contributed by atoms with E-state index in [-0.39, 0.29) is 0 Å². The van der Waals surface area contributed by atoms with Gasteiger partial charge in [-0.2, -0.15) is 0 Å². The second-order valence-electron chi connectivity index (χ2n) is 14.5. The van der Waals surface area contributed by atoms with Gasteiger partial charge in [0.15, 0.2) is 0 Å².